The first kappa shape index (κ1) is 18.7. The zero-order valence-corrected chi connectivity index (χ0v) is 13.6. The summed E-state index contributed by atoms with van der Waals surface area (Å²) in [6.07, 6.45) is -2.52. The third-order valence-electron chi connectivity index (χ3n) is 4.09. The first-order chi connectivity index (χ1) is 9.64. The maximum Gasteiger partial charge on any atom is 0.401 e. The van der Waals surface area contributed by atoms with Crippen molar-refractivity contribution in [1.82, 2.24) is 10.2 Å². The first-order valence-corrected chi connectivity index (χ1v) is 7.75. The second-order valence-corrected chi connectivity index (χ2v) is 6.76. The third-order valence-corrected chi connectivity index (χ3v) is 4.09. The van der Waals surface area contributed by atoms with Crippen molar-refractivity contribution >= 4 is 0 Å². The molecule has 1 aliphatic rings. The number of ether oxygens (including phenoxy) is 1. The van der Waals surface area contributed by atoms with Crippen molar-refractivity contribution in [2.45, 2.75) is 58.8 Å². The third kappa shape index (κ3) is 6.98. The summed E-state index contributed by atoms with van der Waals surface area (Å²) in [6, 6.07) is 0.213. The topological polar surface area (TPSA) is 24.5 Å². The summed E-state index contributed by atoms with van der Waals surface area (Å²) in [4.78, 5) is 1.55. The molecule has 0 radical (unpaired) electrons. The minimum atomic E-state index is -4.15. The van der Waals surface area contributed by atoms with Crippen LogP contribution in [0.3, 0.4) is 0 Å². The zero-order chi connectivity index (χ0) is 16.1. The molecule has 0 aromatic rings. The zero-order valence-electron chi connectivity index (χ0n) is 13.6. The summed E-state index contributed by atoms with van der Waals surface area (Å²) in [5.74, 6) is 0. The van der Waals surface area contributed by atoms with E-state index in [0.29, 0.717) is 25.8 Å². The highest BCUT2D eigenvalue weighted by atomic mass is 19.4. The lowest BCUT2D eigenvalue weighted by atomic mass is 9.79. The summed E-state index contributed by atoms with van der Waals surface area (Å²) < 4.78 is 43.7. The normalized spacial score (nSPS) is 19.7. The fraction of sp³-hybridized carbons (Fsp3) is 1.00. The first-order valence-electron chi connectivity index (χ1n) is 7.75. The summed E-state index contributed by atoms with van der Waals surface area (Å²) >= 11 is 0. The van der Waals surface area contributed by atoms with Crippen LogP contribution in [0, 0.1) is 5.41 Å². The van der Waals surface area contributed by atoms with Gasteiger partial charge in [-0.25, -0.2) is 0 Å². The van der Waals surface area contributed by atoms with Crippen LogP contribution in [-0.2, 0) is 4.74 Å². The highest BCUT2D eigenvalue weighted by Crippen LogP contribution is 2.33. The maximum absolute atomic E-state index is 12.8. The monoisotopic (exact) mass is 310 g/mol. The largest absolute Gasteiger partial charge is 0.401 e. The number of hydrogen-bond acceptors (Lipinski definition) is 3. The molecule has 1 rings (SSSR count). The molecule has 1 saturated heterocycles. The molecule has 6 heteroatoms. The van der Waals surface area contributed by atoms with Crippen molar-refractivity contribution in [3.8, 4) is 0 Å². The van der Waals surface area contributed by atoms with E-state index in [2.05, 4.69) is 19.2 Å². The van der Waals surface area contributed by atoms with Crippen molar-refractivity contribution in [1.29, 1.82) is 0 Å². The summed E-state index contributed by atoms with van der Waals surface area (Å²) in [5, 5.41) is 3.40. The number of rotatable bonds is 7. The quantitative estimate of drug-likeness (QED) is 0.782. The SMILES string of the molecule is CC(C)NCC1(CN(CC(F)(F)F)C(C)C)CCOCC1. The molecule has 1 fully saturated rings. The molecule has 126 valence electrons. The fourth-order valence-corrected chi connectivity index (χ4v) is 2.70. The van der Waals surface area contributed by atoms with E-state index in [0.717, 1.165) is 19.4 Å². The van der Waals surface area contributed by atoms with E-state index < -0.39 is 12.7 Å². The van der Waals surface area contributed by atoms with Crippen molar-refractivity contribution in [2.75, 3.05) is 32.8 Å². The number of hydrogen-bond donors (Lipinski definition) is 1. The van der Waals surface area contributed by atoms with Gasteiger partial charge in [0, 0.05) is 38.4 Å². The molecular formula is C15H29F3N2O. The molecule has 0 aromatic carbocycles. The van der Waals surface area contributed by atoms with Gasteiger partial charge in [-0.15, -0.1) is 0 Å². The van der Waals surface area contributed by atoms with Crippen molar-refractivity contribution in [2.24, 2.45) is 5.41 Å². The number of halogens is 3. The molecule has 0 aromatic heterocycles. The Morgan fingerprint density at radius 1 is 1.14 bits per heavy atom. The van der Waals surface area contributed by atoms with E-state index in [1.807, 2.05) is 13.8 Å². The minimum Gasteiger partial charge on any atom is -0.381 e. The minimum absolute atomic E-state index is 0.120. The average molecular weight is 310 g/mol. The van der Waals surface area contributed by atoms with E-state index in [1.54, 1.807) is 4.90 Å². The molecule has 21 heavy (non-hydrogen) atoms. The Morgan fingerprint density at radius 2 is 1.71 bits per heavy atom. The number of alkyl halides is 3. The lowest BCUT2D eigenvalue weighted by molar-refractivity contribution is -0.155. The molecule has 1 N–H and O–H groups in total. The molecule has 0 amide bonds. The van der Waals surface area contributed by atoms with Gasteiger partial charge in [0.05, 0.1) is 6.54 Å². The fourth-order valence-electron chi connectivity index (χ4n) is 2.70. The Balaban J connectivity index is 2.76. The summed E-state index contributed by atoms with van der Waals surface area (Å²) in [7, 11) is 0. The van der Waals surface area contributed by atoms with Gasteiger partial charge in [0.2, 0.25) is 0 Å². The predicted molar refractivity (Wildman–Crippen MR) is 78.4 cm³/mol. The van der Waals surface area contributed by atoms with Gasteiger partial charge in [-0.1, -0.05) is 13.8 Å². The lowest BCUT2D eigenvalue weighted by Crippen LogP contribution is -2.52. The van der Waals surface area contributed by atoms with Crippen LogP contribution in [-0.4, -0.2) is 56.0 Å². The second kappa shape index (κ2) is 7.79. The molecule has 1 heterocycles. The van der Waals surface area contributed by atoms with Crippen LogP contribution in [0.2, 0.25) is 0 Å². The Kier molecular flexibility index (Phi) is 6.94. The molecule has 0 bridgehead atoms. The molecule has 0 unspecified atom stereocenters. The van der Waals surface area contributed by atoms with E-state index in [9.17, 15) is 13.2 Å². The van der Waals surface area contributed by atoms with Crippen molar-refractivity contribution in [3.63, 3.8) is 0 Å². The van der Waals surface area contributed by atoms with Crippen molar-refractivity contribution < 1.29 is 17.9 Å². The van der Waals surface area contributed by atoms with Gasteiger partial charge >= 0.3 is 6.18 Å². The lowest BCUT2D eigenvalue weighted by Gasteiger charge is -2.43. The molecule has 0 spiro atoms. The number of nitrogens with one attached hydrogen (secondary N) is 1. The number of nitrogens with zero attached hydrogens (tertiary/aromatic N) is 1. The van der Waals surface area contributed by atoms with Gasteiger partial charge in [0.25, 0.3) is 0 Å². The Morgan fingerprint density at radius 3 is 2.14 bits per heavy atom. The van der Waals surface area contributed by atoms with E-state index >= 15 is 0 Å². The standard InChI is InChI=1S/C15H29F3N2O/c1-12(2)19-9-14(5-7-21-8-6-14)10-20(13(3)4)11-15(16,17)18/h12-13,19H,5-11H2,1-4H3. The van der Waals surface area contributed by atoms with E-state index in [1.165, 1.54) is 0 Å². The van der Waals surface area contributed by atoms with Gasteiger partial charge in [0.1, 0.15) is 0 Å². The Hall–Kier alpha value is -0.330. The molecule has 3 nitrogen and oxygen atoms in total. The molecule has 0 saturated carbocycles. The summed E-state index contributed by atoms with van der Waals surface area (Å²) in [6.45, 7) is 9.42. The van der Waals surface area contributed by atoms with Crippen LogP contribution < -0.4 is 5.32 Å². The second-order valence-electron chi connectivity index (χ2n) is 6.76. The van der Waals surface area contributed by atoms with E-state index in [-0.39, 0.29) is 11.5 Å². The van der Waals surface area contributed by atoms with Crippen LogP contribution in [0.5, 0.6) is 0 Å². The van der Waals surface area contributed by atoms with Gasteiger partial charge in [-0.2, -0.15) is 13.2 Å². The van der Waals surface area contributed by atoms with E-state index in [4.69, 9.17) is 4.74 Å². The van der Waals surface area contributed by atoms with Gasteiger partial charge < -0.3 is 10.1 Å². The smallest absolute Gasteiger partial charge is 0.381 e. The Labute approximate surface area is 126 Å². The molecule has 0 atom stereocenters. The summed E-state index contributed by atoms with van der Waals surface area (Å²) in [5.41, 5.74) is -0.127. The van der Waals surface area contributed by atoms with Crippen LogP contribution in [0.15, 0.2) is 0 Å². The Bertz CT molecular complexity index is 300. The van der Waals surface area contributed by atoms with Crippen LogP contribution >= 0.6 is 0 Å². The van der Waals surface area contributed by atoms with Crippen LogP contribution in [0.1, 0.15) is 40.5 Å². The molecule has 1 aliphatic heterocycles. The molecule has 0 aliphatic carbocycles. The van der Waals surface area contributed by atoms with Crippen LogP contribution in [0.4, 0.5) is 13.2 Å². The average Bonchev–Trinajstić information content (AvgIpc) is 2.35. The van der Waals surface area contributed by atoms with Crippen molar-refractivity contribution in [3.05, 3.63) is 0 Å². The van der Waals surface area contributed by atoms with Gasteiger partial charge in [-0.05, 0) is 32.1 Å². The maximum atomic E-state index is 12.8. The van der Waals surface area contributed by atoms with Crippen LogP contribution in [0.25, 0.3) is 0 Å². The van der Waals surface area contributed by atoms with Gasteiger partial charge in [0.15, 0.2) is 0 Å². The predicted octanol–water partition coefficient (Wildman–Crippen LogP) is 3.05. The van der Waals surface area contributed by atoms with Gasteiger partial charge in [-0.3, -0.25) is 4.90 Å². The molecular weight excluding hydrogens is 281 g/mol. The highest BCUT2D eigenvalue weighted by Gasteiger charge is 2.39. The highest BCUT2D eigenvalue weighted by molar-refractivity contribution is 4.89.